The van der Waals surface area contributed by atoms with Gasteiger partial charge in [0.1, 0.15) is 0 Å². The minimum Gasteiger partial charge on any atom is -0.478 e. The van der Waals surface area contributed by atoms with Gasteiger partial charge in [-0.1, -0.05) is 24.3 Å². The third-order valence-electron chi connectivity index (χ3n) is 2.63. The fourth-order valence-electron chi connectivity index (χ4n) is 1.69. The summed E-state index contributed by atoms with van der Waals surface area (Å²) in [5.41, 5.74) is 1.10. The minimum atomic E-state index is -1.08. The van der Waals surface area contributed by atoms with Crippen LogP contribution in [-0.4, -0.2) is 16.9 Å². The molecule has 0 heterocycles. The molecule has 0 amide bonds. The predicted molar refractivity (Wildman–Crippen MR) is 68.0 cm³/mol. The number of rotatable bonds is 3. The molecular formula is C15H9NO3. The topological polar surface area (TPSA) is 78.2 Å². The summed E-state index contributed by atoms with van der Waals surface area (Å²) in [5.74, 6) is -1.39. The van der Waals surface area contributed by atoms with Gasteiger partial charge in [0.05, 0.1) is 17.2 Å². The summed E-state index contributed by atoms with van der Waals surface area (Å²) >= 11 is 0. The molecular weight excluding hydrogens is 242 g/mol. The molecule has 0 bridgehead atoms. The summed E-state index contributed by atoms with van der Waals surface area (Å²) in [7, 11) is 0. The number of nitriles is 1. The van der Waals surface area contributed by atoms with Gasteiger partial charge < -0.3 is 5.11 Å². The Morgan fingerprint density at radius 2 is 1.53 bits per heavy atom. The first-order valence-corrected chi connectivity index (χ1v) is 5.50. The largest absolute Gasteiger partial charge is 0.478 e. The van der Waals surface area contributed by atoms with E-state index in [9.17, 15) is 9.59 Å². The molecule has 0 aliphatic carbocycles. The number of ketones is 1. The number of aromatic carboxylic acids is 1. The molecule has 2 rings (SSSR count). The average molecular weight is 251 g/mol. The van der Waals surface area contributed by atoms with Crippen molar-refractivity contribution in [2.45, 2.75) is 0 Å². The zero-order valence-electron chi connectivity index (χ0n) is 9.83. The molecule has 0 unspecified atom stereocenters. The van der Waals surface area contributed by atoms with Crippen molar-refractivity contribution < 1.29 is 14.7 Å². The standard InChI is InChI=1S/C15H9NO3/c16-9-10-3-1-4-11(7-10)14(17)12-5-2-6-13(8-12)15(18)19/h1-8H,(H,18,19). The highest BCUT2D eigenvalue weighted by atomic mass is 16.4. The van der Waals surface area contributed by atoms with E-state index < -0.39 is 5.97 Å². The molecule has 92 valence electrons. The van der Waals surface area contributed by atoms with Gasteiger partial charge in [0.15, 0.2) is 5.78 Å². The van der Waals surface area contributed by atoms with Gasteiger partial charge in [0.2, 0.25) is 0 Å². The fraction of sp³-hybridized carbons (Fsp3) is 0. The van der Waals surface area contributed by atoms with Crippen LogP contribution in [0.4, 0.5) is 0 Å². The van der Waals surface area contributed by atoms with Crippen molar-refractivity contribution in [3.8, 4) is 6.07 Å². The number of carboxylic acids is 1. The maximum absolute atomic E-state index is 12.2. The van der Waals surface area contributed by atoms with Crippen molar-refractivity contribution in [2.24, 2.45) is 0 Å². The average Bonchev–Trinajstić information content (AvgIpc) is 2.46. The summed E-state index contributed by atoms with van der Waals surface area (Å²) in [5, 5.41) is 17.7. The monoisotopic (exact) mass is 251 g/mol. The van der Waals surface area contributed by atoms with Crippen LogP contribution < -0.4 is 0 Å². The van der Waals surface area contributed by atoms with E-state index in [-0.39, 0.29) is 16.9 Å². The van der Waals surface area contributed by atoms with Gasteiger partial charge in [-0.05, 0) is 24.3 Å². The molecule has 0 saturated heterocycles. The Kier molecular flexibility index (Phi) is 3.39. The van der Waals surface area contributed by atoms with Crippen LogP contribution >= 0.6 is 0 Å². The van der Waals surface area contributed by atoms with Crippen LogP contribution in [0.5, 0.6) is 0 Å². The Morgan fingerprint density at radius 1 is 0.947 bits per heavy atom. The molecule has 2 aromatic rings. The molecule has 19 heavy (non-hydrogen) atoms. The van der Waals surface area contributed by atoms with Crippen molar-refractivity contribution in [3.05, 3.63) is 70.8 Å². The second-order valence-corrected chi connectivity index (χ2v) is 3.91. The summed E-state index contributed by atoms with van der Waals surface area (Å²) in [4.78, 5) is 23.0. The molecule has 2 aromatic carbocycles. The zero-order valence-corrected chi connectivity index (χ0v) is 9.83. The Hall–Kier alpha value is -2.93. The third-order valence-corrected chi connectivity index (χ3v) is 2.63. The lowest BCUT2D eigenvalue weighted by molar-refractivity contribution is 0.0697. The predicted octanol–water partition coefficient (Wildman–Crippen LogP) is 2.49. The van der Waals surface area contributed by atoms with E-state index in [4.69, 9.17) is 10.4 Å². The Bertz CT molecular complexity index is 699. The van der Waals surface area contributed by atoms with Gasteiger partial charge in [-0.2, -0.15) is 5.26 Å². The number of carbonyl (C=O) groups excluding carboxylic acids is 1. The fourth-order valence-corrected chi connectivity index (χ4v) is 1.69. The first-order valence-electron chi connectivity index (χ1n) is 5.50. The highest BCUT2D eigenvalue weighted by molar-refractivity contribution is 6.10. The Morgan fingerprint density at radius 3 is 2.16 bits per heavy atom. The maximum Gasteiger partial charge on any atom is 0.335 e. The van der Waals surface area contributed by atoms with E-state index in [0.29, 0.717) is 11.1 Å². The van der Waals surface area contributed by atoms with Crippen LogP contribution in [0.25, 0.3) is 0 Å². The lowest BCUT2D eigenvalue weighted by Gasteiger charge is -2.02. The molecule has 0 aliphatic rings. The molecule has 0 fully saturated rings. The van der Waals surface area contributed by atoms with E-state index in [2.05, 4.69) is 0 Å². The van der Waals surface area contributed by atoms with E-state index in [1.165, 1.54) is 24.3 Å². The number of carboxylic acid groups (broad SMARTS) is 1. The molecule has 0 spiro atoms. The van der Waals surface area contributed by atoms with Gasteiger partial charge in [-0.15, -0.1) is 0 Å². The number of carbonyl (C=O) groups is 2. The van der Waals surface area contributed by atoms with Gasteiger partial charge in [0.25, 0.3) is 0 Å². The lowest BCUT2D eigenvalue weighted by atomic mass is 10.00. The zero-order chi connectivity index (χ0) is 13.8. The second kappa shape index (κ2) is 5.15. The van der Waals surface area contributed by atoms with Crippen molar-refractivity contribution in [3.63, 3.8) is 0 Å². The normalized spacial score (nSPS) is 9.63. The lowest BCUT2D eigenvalue weighted by Crippen LogP contribution is -2.04. The Balaban J connectivity index is 2.41. The van der Waals surface area contributed by atoms with Crippen LogP contribution in [0.3, 0.4) is 0 Å². The first kappa shape index (κ1) is 12.5. The van der Waals surface area contributed by atoms with Crippen molar-refractivity contribution in [2.75, 3.05) is 0 Å². The van der Waals surface area contributed by atoms with Crippen LogP contribution in [-0.2, 0) is 0 Å². The molecule has 0 aromatic heterocycles. The van der Waals surface area contributed by atoms with Gasteiger partial charge >= 0.3 is 5.97 Å². The Labute approximate surface area is 109 Å². The first-order chi connectivity index (χ1) is 9.11. The van der Waals surface area contributed by atoms with E-state index in [1.54, 1.807) is 24.3 Å². The van der Waals surface area contributed by atoms with Crippen molar-refractivity contribution >= 4 is 11.8 Å². The number of benzene rings is 2. The number of nitrogens with zero attached hydrogens (tertiary/aromatic N) is 1. The van der Waals surface area contributed by atoms with E-state index >= 15 is 0 Å². The highest BCUT2D eigenvalue weighted by Gasteiger charge is 2.12. The summed E-state index contributed by atoms with van der Waals surface area (Å²) in [6.45, 7) is 0. The van der Waals surface area contributed by atoms with E-state index in [1.807, 2.05) is 6.07 Å². The third kappa shape index (κ3) is 2.67. The smallest absolute Gasteiger partial charge is 0.335 e. The van der Waals surface area contributed by atoms with Gasteiger partial charge in [-0.25, -0.2) is 4.79 Å². The quantitative estimate of drug-likeness (QED) is 0.850. The summed E-state index contributed by atoms with van der Waals surface area (Å²) in [6, 6.07) is 14.1. The number of hydrogen-bond donors (Lipinski definition) is 1. The summed E-state index contributed by atoms with van der Waals surface area (Å²) < 4.78 is 0. The van der Waals surface area contributed by atoms with E-state index in [0.717, 1.165) is 0 Å². The molecule has 1 N–H and O–H groups in total. The van der Waals surface area contributed by atoms with Crippen LogP contribution in [0, 0.1) is 11.3 Å². The van der Waals surface area contributed by atoms with Crippen molar-refractivity contribution in [1.29, 1.82) is 5.26 Å². The molecule has 0 saturated carbocycles. The van der Waals surface area contributed by atoms with Gasteiger partial charge in [-0.3, -0.25) is 4.79 Å². The maximum atomic E-state index is 12.2. The molecule has 4 heteroatoms. The molecule has 0 radical (unpaired) electrons. The van der Waals surface area contributed by atoms with Crippen LogP contribution in [0.2, 0.25) is 0 Å². The molecule has 0 aliphatic heterocycles. The SMILES string of the molecule is N#Cc1cccc(C(=O)c2cccc(C(=O)O)c2)c1. The van der Waals surface area contributed by atoms with Crippen LogP contribution in [0.1, 0.15) is 31.8 Å². The molecule has 0 atom stereocenters. The second-order valence-electron chi connectivity index (χ2n) is 3.91. The number of hydrogen-bond acceptors (Lipinski definition) is 3. The molecule has 4 nitrogen and oxygen atoms in total. The van der Waals surface area contributed by atoms with Crippen molar-refractivity contribution in [1.82, 2.24) is 0 Å². The highest BCUT2D eigenvalue weighted by Crippen LogP contribution is 2.13. The van der Waals surface area contributed by atoms with Crippen LogP contribution in [0.15, 0.2) is 48.5 Å². The minimum absolute atomic E-state index is 0.0577. The summed E-state index contributed by atoms with van der Waals surface area (Å²) in [6.07, 6.45) is 0. The van der Waals surface area contributed by atoms with Gasteiger partial charge in [0, 0.05) is 11.1 Å².